The monoisotopic (exact) mass is 464 g/mol. The third kappa shape index (κ3) is 4.68. The van der Waals surface area contributed by atoms with Crippen LogP contribution in [0.3, 0.4) is 0 Å². The second-order valence-electron chi connectivity index (χ2n) is 8.26. The lowest BCUT2D eigenvalue weighted by Crippen LogP contribution is -2.21. The van der Waals surface area contributed by atoms with Crippen LogP contribution in [0, 0.1) is 39.0 Å². The Hall–Kier alpha value is -4.70. The van der Waals surface area contributed by atoms with E-state index < -0.39 is 11.5 Å². The highest BCUT2D eigenvalue weighted by Crippen LogP contribution is 2.29. The Morgan fingerprint density at radius 3 is 2.46 bits per heavy atom. The first-order chi connectivity index (χ1) is 16.8. The van der Waals surface area contributed by atoms with E-state index in [4.69, 9.17) is 4.74 Å². The fraction of sp³-hybridized carbons (Fsp3) is 0.143. The molecule has 0 saturated heterocycles. The van der Waals surface area contributed by atoms with Crippen molar-refractivity contribution in [3.63, 3.8) is 0 Å². The first-order valence-electron chi connectivity index (χ1n) is 11.0. The average Bonchev–Trinajstić information content (AvgIpc) is 2.84. The summed E-state index contributed by atoms with van der Waals surface area (Å²) in [5, 5.41) is 12.5. The van der Waals surface area contributed by atoms with Crippen molar-refractivity contribution in [2.75, 3.05) is 5.32 Å². The summed E-state index contributed by atoms with van der Waals surface area (Å²) in [6, 6.07) is 18.3. The highest BCUT2D eigenvalue weighted by molar-refractivity contribution is 6.10. The molecule has 0 bridgehead atoms. The Kier molecular flexibility index (Phi) is 6.47. The molecule has 0 spiro atoms. The molecule has 0 aliphatic heterocycles. The predicted molar refractivity (Wildman–Crippen MR) is 136 cm³/mol. The number of nitrogens with zero attached hydrogens (tertiary/aromatic N) is 3. The van der Waals surface area contributed by atoms with Gasteiger partial charge < -0.3 is 10.1 Å². The summed E-state index contributed by atoms with van der Waals surface area (Å²) >= 11 is 0. The SMILES string of the molecule is Cc1ccccc1NC(=O)/C(C#N)=C\c1c(Oc2cccc(C)c2C)nc2c(C)cccn2c1=O. The second kappa shape index (κ2) is 9.65. The maximum atomic E-state index is 13.5. The summed E-state index contributed by atoms with van der Waals surface area (Å²) in [5.41, 5.74) is 3.86. The number of carbonyl (C=O) groups excluding carboxylic acids is 1. The molecule has 4 rings (SSSR count). The van der Waals surface area contributed by atoms with E-state index in [1.54, 1.807) is 30.5 Å². The number of carbonyl (C=O) groups is 1. The van der Waals surface area contributed by atoms with Gasteiger partial charge >= 0.3 is 0 Å². The van der Waals surface area contributed by atoms with Crippen LogP contribution < -0.4 is 15.6 Å². The largest absolute Gasteiger partial charge is 0.438 e. The molecule has 0 radical (unpaired) electrons. The molecular weight excluding hydrogens is 440 g/mol. The minimum atomic E-state index is -0.631. The van der Waals surface area contributed by atoms with Crippen molar-refractivity contribution in [3.05, 3.63) is 105 Å². The molecule has 1 amide bonds. The first-order valence-corrected chi connectivity index (χ1v) is 11.0. The van der Waals surface area contributed by atoms with Crippen LogP contribution in [0.5, 0.6) is 11.6 Å². The van der Waals surface area contributed by atoms with Gasteiger partial charge in [0.2, 0.25) is 5.88 Å². The van der Waals surface area contributed by atoms with E-state index in [1.165, 1.54) is 10.5 Å². The molecule has 7 heteroatoms. The van der Waals surface area contributed by atoms with Crippen LogP contribution in [-0.2, 0) is 4.79 Å². The summed E-state index contributed by atoms with van der Waals surface area (Å²) < 4.78 is 7.50. The lowest BCUT2D eigenvalue weighted by atomic mass is 10.1. The number of ether oxygens (including phenoxy) is 1. The number of benzene rings is 2. The number of amides is 1. The smallest absolute Gasteiger partial charge is 0.269 e. The number of hydrogen-bond donors (Lipinski definition) is 1. The molecule has 0 atom stereocenters. The highest BCUT2D eigenvalue weighted by atomic mass is 16.5. The van der Waals surface area contributed by atoms with E-state index in [0.717, 1.165) is 22.3 Å². The lowest BCUT2D eigenvalue weighted by Gasteiger charge is -2.14. The topological polar surface area (TPSA) is 96.5 Å². The molecule has 0 unspecified atom stereocenters. The lowest BCUT2D eigenvalue weighted by molar-refractivity contribution is -0.112. The minimum Gasteiger partial charge on any atom is -0.438 e. The summed E-state index contributed by atoms with van der Waals surface area (Å²) in [6.07, 6.45) is 2.83. The number of para-hydroxylation sites is 1. The molecular formula is C28H24N4O3. The van der Waals surface area contributed by atoms with Gasteiger partial charge in [-0.1, -0.05) is 36.4 Å². The van der Waals surface area contributed by atoms with Crippen molar-refractivity contribution in [1.82, 2.24) is 9.38 Å². The average molecular weight is 465 g/mol. The van der Waals surface area contributed by atoms with Gasteiger partial charge in [-0.15, -0.1) is 0 Å². The van der Waals surface area contributed by atoms with Gasteiger partial charge in [-0.2, -0.15) is 10.2 Å². The number of pyridine rings is 1. The van der Waals surface area contributed by atoms with Crippen molar-refractivity contribution in [2.24, 2.45) is 0 Å². The fourth-order valence-electron chi connectivity index (χ4n) is 3.63. The minimum absolute atomic E-state index is 0.00508. The molecule has 0 aliphatic rings. The van der Waals surface area contributed by atoms with Crippen molar-refractivity contribution >= 4 is 23.3 Å². The molecule has 4 aromatic rings. The quantitative estimate of drug-likeness (QED) is 0.321. The fourth-order valence-corrected chi connectivity index (χ4v) is 3.63. The van der Waals surface area contributed by atoms with Gasteiger partial charge in [-0.25, -0.2) is 0 Å². The Balaban J connectivity index is 1.87. The van der Waals surface area contributed by atoms with Crippen LogP contribution >= 0.6 is 0 Å². The van der Waals surface area contributed by atoms with Crippen LogP contribution in [0.15, 0.2) is 71.2 Å². The van der Waals surface area contributed by atoms with Crippen molar-refractivity contribution in [2.45, 2.75) is 27.7 Å². The Morgan fingerprint density at radius 1 is 1.00 bits per heavy atom. The number of rotatable bonds is 5. The Bertz CT molecular complexity index is 1590. The molecule has 2 aromatic heterocycles. The van der Waals surface area contributed by atoms with E-state index in [2.05, 4.69) is 10.3 Å². The molecule has 1 N–H and O–H groups in total. The molecule has 35 heavy (non-hydrogen) atoms. The van der Waals surface area contributed by atoms with Crippen LogP contribution in [0.2, 0.25) is 0 Å². The standard InChI is InChI=1S/C28H24N4O3/c1-17-10-7-13-24(20(17)4)35-27-22(28(34)32-14-8-11-19(3)25(32)31-27)15-21(16-29)26(33)30-23-12-6-5-9-18(23)2/h5-15H,1-4H3,(H,30,33)/b21-15-. The number of fused-ring (bicyclic) bond motifs is 1. The van der Waals surface area contributed by atoms with Gasteiger partial charge in [0.15, 0.2) is 0 Å². The number of aryl methyl sites for hydroxylation is 3. The van der Waals surface area contributed by atoms with Crippen molar-refractivity contribution < 1.29 is 9.53 Å². The third-order valence-electron chi connectivity index (χ3n) is 5.86. The van der Waals surface area contributed by atoms with Gasteiger partial charge in [-0.3, -0.25) is 14.0 Å². The number of anilines is 1. The zero-order valence-electron chi connectivity index (χ0n) is 19.9. The predicted octanol–water partition coefficient (Wildman–Crippen LogP) is 5.27. The van der Waals surface area contributed by atoms with Gasteiger partial charge in [-0.05, 0) is 74.2 Å². The van der Waals surface area contributed by atoms with Gasteiger partial charge in [0.1, 0.15) is 28.6 Å². The van der Waals surface area contributed by atoms with E-state index in [0.29, 0.717) is 17.1 Å². The maximum Gasteiger partial charge on any atom is 0.269 e. The van der Waals surface area contributed by atoms with E-state index in [9.17, 15) is 14.9 Å². The van der Waals surface area contributed by atoms with Gasteiger partial charge in [0.05, 0.1) is 0 Å². The van der Waals surface area contributed by atoms with E-state index >= 15 is 0 Å². The normalized spacial score (nSPS) is 11.2. The van der Waals surface area contributed by atoms with E-state index in [1.807, 2.05) is 64.1 Å². The van der Waals surface area contributed by atoms with Crippen molar-refractivity contribution in [1.29, 1.82) is 5.26 Å². The summed E-state index contributed by atoms with van der Waals surface area (Å²) in [7, 11) is 0. The number of hydrogen-bond acceptors (Lipinski definition) is 5. The Morgan fingerprint density at radius 2 is 1.71 bits per heavy atom. The highest BCUT2D eigenvalue weighted by Gasteiger charge is 2.19. The van der Waals surface area contributed by atoms with Crippen LogP contribution in [0.1, 0.15) is 27.8 Å². The van der Waals surface area contributed by atoms with Gasteiger partial charge in [0.25, 0.3) is 11.5 Å². The summed E-state index contributed by atoms with van der Waals surface area (Å²) in [6.45, 7) is 7.56. The van der Waals surface area contributed by atoms with Crippen LogP contribution in [0.25, 0.3) is 11.7 Å². The molecule has 2 heterocycles. The van der Waals surface area contributed by atoms with Crippen molar-refractivity contribution in [3.8, 4) is 17.7 Å². The molecule has 0 fully saturated rings. The molecule has 7 nitrogen and oxygen atoms in total. The van der Waals surface area contributed by atoms with E-state index in [-0.39, 0.29) is 17.0 Å². The maximum absolute atomic E-state index is 13.5. The van der Waals surface area contributed by atoms with Crippen LogP contribution in [0.4, 0.5) is 5.69 Å². The Labute approximate surface area is 203 Å². The number of nitrogens with one attached hydrogen (secondary N) is 1. The third-order valence-corrected chi connectivity index (χ3v) is 5.86. The number of nitriles is 1. The molecule has 174 valence electrons. The zero-order chi connectivity index (χ0) is 25.1. The zero-order valence-corrected chi connectivity index (χ0v) is 19.9. The second-order valence-corrected chi connectivity index (χ2v) is 8.26. The number of aromatic nitrogens is 2. The molecule has 0 saturated carbocycles. The molecule has 2 aromatic carbocycles. The summed E-state index contributed by atoms with van der Waals surface area (Å²) in [5.74, 6) is -0.0741. The van der Waals surface area contributed by atoms with Gasteiger partial charge in [0, 0.05) is 11.9 Å². The molecule has 0 aliphatic carbocycles. The van der Waals surface area contributed by atoms with Crippen LogP contribution in [-0.4, -0.2) is 15.3 Å². The summed E-state index contributed by atoms with van der Waals surface area (Å²) in [4.78, 5) is 31.0. The first kappa shape index (κ1) is 23.5.